The molecule has 0 spiro atoms. The molecule has 0 unspecified atom stereocenters. The Hall–Kier alpha value is -3.74. The van der Waals surface area contributed by atoms with Gasteiger partial charge < -0.3 is 10.6 Å². The highest BCUT2D eigenvalue weighted by Gasteiger charge is 2.29. The van der Waals surface area contributed by atoms with Crippen molar-refractivity contribution in [3.63, 3.8) is 0 Å². The molecule has 1 aliphatic rings. The summed E-state index contributed by atoms with van der Waals surface area (Å²) in [5, 5.41) is 11.6. The van der Waals surface area contributed by atoms with Crippen LogP contribution in [-0.4, -0.2) is 25.7 Å². The van der Waals surface area contributed by atoms with Crippen molar-refractivity contribution < 1.29 is 4.79 Å². The van der Waals surface area contributed by atoms with Gasteiger partial charge in [-0.3, -0.25) is 4.79 Å². The fourth-order valence-electron chi connectivity index (χ4n) is 3.10. The lowest BCUT2D eigenvalue weighted by atomic mass is 10.2. The second-order valence-electron chi connectivity index (χ2n) is 6.82. The van der Waals surface area contributed by atoms with Gasteiger partial charge in [-0.25, -0.2) is 14.6 Å². The zero-order chi connectivity index (χ0) is 18.9. The van der Waals surface area contributed by atoms with Crippen LogP contribution >= 0.6 is 0 Å². The molecule has 0 bridgehead atoms. The second kappa shape index (κ2) is 6.77. The van der Waals surface area contributed by atoms with E-state index in [1.165, 1.54) is 6.33 Å². The zero-order valence-corrected chi connectivity index (χ0v) is 15.0. The lowest BCUT2D eigenvalue weighted by Crippen LogP contribution is -2.13. The van der Waals surface area contributed by atoms with Crippen molar-refractivity contribution in [1.29, 1.82) is 0 Å². The number of nitrogens with zero attached hydrogens (tertiary/aromatic N) is 4. The van der Waals surface area contributed by atoms with Gasteiger partial charge in [0, 0.05) is 17.3 Å². The van der Waals surface area contributed by atoms with Crippen LogP contribution < -0.4 is 10.6 Å². The molecule has 5 rings (SSSR count). The maximum absolute atomic E-state index is 12.0. The third-order valence-corrected chi connectivity index (χ3v) is 4.71. The molecule has 0 saturated heterocycles. The third kappa shape index (κ3) is 3.18. The second-order valence-corrected chi connectivity index (χ2v) is 6.82. The molecule has 1 aliphatic carbocycles. The molecule has 7 heteroatoms. The van der Waals surface area contributed by atoms with Crippen LogP contribution in [0.2, 0.25) is 0 Å². The number of carbonyl (C=O) groups is 1. The van der Waals surface area contributed by atoms with Gasteiger partial charge in [0.25, 0.3) is 0 Å². The molecular weight excluding hydrogens is 352 g/mol. The number of anilines is 3. The number of benzene rings is 2. The van der Waals surface area contributed by atoms with Crippen LogP contribution in [0.4, 0.5) is 17.2 Å². The van der Waals surface area contributed by atoms with Gasteiger partial charge >= 0.3 is 0 Å². The first-order chi connectivity index (χ1) is 13.8. The molecule has 0 radical (unpaired) electrons. The summed E-state index contributed by atoms with van der Waals surface area (Å²) < 4.78 is 1.79. The number of hydrogen-bond acceptors (Lipinski definition) is 5. The van der Waals surface area contributed by atoms with Crippen LogP contribution in [0, 0.1) is 5.92 Å². The third-order valence-electron chi connectivity index (χ3n) is 4.71. The normalized spacial score (nSPS) is 13.4. The van der Waals surface area contributed by atoms with Gasteiger partial charge in [-0.1, -0.05) is 24.3 Å². The standard InChI is InChI=1S/C21H18N6O/c28-21(14-9-10-14)26-16-6-4-5-15(11-16)25-19-18-12-24-27(20(18)23-13-22-19)17-7-2-1-3-8-17/h1-8,11-14H,9-10H2,(H,26,28)(H,22,23,25). The van der Waals surface area contributed by atoms with Gasteiger partial charge in [0.1, 0.15) is 12.1 Å². The van der Waals surface area contributed by atoms with Crippen molar-refractivity contribution in [2.75, 3.05) is 10.6 Å². The van der Waals surface area contributed by atoms with E-state index in [1.54, 1.807) is 10.9 Å². The molecule has 2 heterocycles. The van der Waals surface area contributed by atoms with Crippen molar-refractivity contribution in [1.82, 2.24) is 19.7 Å². The minimum absolute atomic E-state index is 0.0886. The van der Waals surface area contributed by atoms with Crippen molar-refractivity contribution in [3.8, 4) is 5.69 Å². The molecule has 0 atom stereocenters. The Morgan fingerprint density at radius 3 is 2.64 bits per heavy atom. The van der Waals surface area contributed by atoms with E-state index in [0.29, 0.717) is 5.82 Å². The first-order valence-corrected chi connectivity index (χ1v) is 9.20. The summed E-state index contributed by atoms with van der Waals surface area (Å²) in [6, 6.07) is 17.5. The number of nitrogens with one attached hydrogen (secondary N) is 2. The monoisotopic (exact) mass is 370 g/mol. The molecule has 1 fully saturated rings. The molecule has 2 N–H and O–H groups in total. The van der Waals surface area contributed by atoms with E-state index in [1.807, 2.05) is 54.6 Å². The molecule has 7 nitrogen and oxygen atoms in total. The Balaban J connectivity index is 1.44. The molecule has 1 amide bonds. The average molecular weight is 370 g/mol. The number of rotatable bonds is 5. The summed E-state index contributed by atoms with van der Waals surface area (Å²) in [4.78, 5) is 20.8. The number of amides is 1. The maximum atomic E-state index is 12.0. The molecule has 0 aliphatic heterocycles. The van der Waals surface area contributed by atoms with E-state index in [4.69, 9.17) is 0 Å². The molecule has 28 heavy (non-hydrogen) atoms. The molecule has 138 valence electrons. The highest BCUT2D eigenvalue weighted by Crippen LogP contribution is 2.31. The average Bonchev–Trinajstić information content (AvgIpc) is 3.48. The van der Waals surface area contributed by atoms with E-state index >= 15 is 0 Å². The molecule has 2 aromatic carbocycles. The smallest absolute Gasteiger partial charge is 0.227 e. The van der Waals surface area contributed by atoms with Gasteiger partial charge in [-0.15, -0.1) is 0 Å². The van der Waals surface area contributed by atoms with Crippen LogP contribution in [0.3, 0.4) is 0 Å². The largest absolute Gasteiger partial charge is 0.339 e. The van der Waals surface area contributed by atoms with Crippen LogP contribution in [-0.2, 0) is 4.79 Å². The summed E-state index contributed by atoms with van der Waals surface area (Å²) in [6.07, 6.45) is 5.23. The Morgan fingerprint density at radius 1 is 1.00 bits per heavy atom. The fraction of sp³-hybridized carbons (Fsp3) is 0.143. The molecular formula is C21H18N6O. The van der Waals surface area contributed by atoms with Crippen LogP contribution in [0.25, 0.3) is 16.7 Å². The van der Waals surface area contributed by atoms with E-state index < -0.39 is 0 Å². The first kappa shape index (κ1) is 16.4. The minimum Gasteiger partial charge on any atom is -0.339 e. The fourth-order valence-corrected chi connectivity index (χ4v) is 3.10. The van der Waals surface area contributed by atoms with Crippen molar-refractivity contribution in [2.24, 2.45) is 5.92 Å². The van der Waals surface area contributed by atoms with E-state index in [0.717, 1.165) is 40.9 Å². The lowest BCUT2D eigenvalue weighted by Gasteiger charge is -2.09. The highest BCUT2D eigenvalue weighted by molar-refractivity contribution is 5.95. The van der Waals surface area contributed by atoms with E-state index in [2.05, 4.69) is 25.7 Å². The summed E-state index contributed by atoms with van der Waals surface area (Å²) in [6.45, 7) is 0. The van der Waals surface area contributed by atoms with Crippen LogP contribution in [0.1, 0.15) is 12.8 Å². The first-order valence-electron chi connectivity index (χ1n) is 9.20. The number of hydrogen-bond donors (Lipinski definition) is 2. The number of aromatic nitrogens is 4. The van der Waals surface area contributed by atoms with Gasteiger partial charge in [0.05, 0.1) is 17.3 Å². The molecule has 4 aromatic rings. The van der Waals surface area contributed by atoms with Crippen molar-refractivity contribution in [2.45, 2.75) is 12.8 Å². The number of para-hydroxylation sites is 1. The molecule has 1 saturated carbocycles. The SMILES string of the molecule is O=C(Nc1cccc(Nc2ncnc3c2cnn3-c2ccccc2)c1)C1CC1. The van der Waals surface area contributed by atoms with Crippen LogP contribution in [0.15, 0.2) is 67.1 Å². The number of carbonyl (C=O) groups excluding carboxylic acids is 1. The number of fused-ring (bicyclic) bond motifs is 1. The van der Waals surface area contributed by atoms with Crippen molar-refractivity contribution >= 4 is 34.1 Å². The summed E-state index contributed by atoms with van der Waals surface area (Å²) in [5.41, 5.74) is 3.27. The van der Waals surface area contributed by atoms with E-state index in [-0.39, 0.29) is 11.8 Å². The quantitative estimate of drug-likeness (QED) is 0.556. The van der Waals surface area contributed by atoms with E-state index in [9.17, 15) is 4.79 Å². The van der Waals surface area contributed by atoms with Gasteiger partial charge in [0.2, 0.25) is 5.91 Å². The topological polar surface area (TPSA) is 84.7 Å². The Morgan fingerprint density at radius 2 is 1.82 bits per heavy atom. The van der Waals surface area contributed by atoms with Gasteiger partial charge in [0.15, 0.2) is 5.65 Å². The molecule has 2 aromatic heterocycles. The lowest BCUT2D eigenvalue weighted by molar-refractivity contribution is -0.117. The van der Waals surface area contributed by atoms with Gasteiger partial charge in [-0.05, 0) is 43.2 Å². The summed E-state index contributed by atoms with van der Waals surface area (Å²) in [5.74, 6) is 0.922. The maximum Gasteiger partial charge on any atom is 0.227 e. The predicted octanol–water partition coefficient (Wildman–Crippen LogP) is 3.91. The Labute approximate surface area is 161 Å². The van der Waals surface area contributed by atoms with Crippen LogP contribution in [0.5, 0.6) is 0 Å². The van der Waals surface area contributed by atoms with Crippen molar-refractivity contribution in [3.05, 3.63) is 67.1 Å². The predicted molar refractivity (Wildman–Crippen MR) is 108 cm³/mol. The Bertz CT molecular complexity index is 1150. The zero-order valence-electron chi connectivity index (χ0n) is 15.0. The van der Waals surface area contributed by atoms with Gasteiger partial charge in [-0.2, -0.15) is 5.10 Å². The summed E-state index contributed by atoms with van der Waals surface area (Å²) in [7, 11) is 0. The minimum atomic E-state index is 0.0886. The highest BCUT2D eigenvalue weighted by atomic mass is 16.2. The Kier molecular flexibility index (Phi) is 3.97. The summed E-state index contributed by atoms with van der Waals surface area (Å²) >= 11 is 0.